The molecule has 0 amide bonds. The average Bonchev–Trinajstić information content (AvgIpc) is 3.56. The SMILES string of the molecule is COC(=O)Cc1ccc(OCCN2CCC(N[C@@H]3C[C@H]3c3ccccc3)CC2)cc1. The summed E-state index contributed by atoms with van der Waals surface area (Å²) in [6, 6.07) is 19.9. The van der Waals surface area contributed by atoms with E-state index in [0.717, 1.165) is 30.9 Å². The number of hydrogen-bond donors (Lipinski definition) is 1. The molecule has 4 rings (SSSR count). The molecule has 0 spiro atoms. The highest BCUT2D eigenvalue weighted by atomic mass is 16.5. The fraction of sp³-hybridized carbons (Fsp3) is 0.480. The van der Waals surface area contributed by atoms with E-state index in [1.54, 1.807) is 0 Å². The molecule has 1 aliphatic heterocycles. The molecule has 2 aromatic rings. The number of esters is 1. The van der Waals surface area contributed by atoms with Gasteiger partial charge < -0.3 is 14.8 Å². The van der Waals surface area contributed by atoms with Crippen LogP contribution >= 0.6 is 0 Å². The number of likely N-dealkylation sites (tertiary alicyclic amines) is 1. The molecule has 0 bridgehead atoms. The average molecular weight is 409 g/mol. The molecule has 1 saturated carbocycles. The Morgan fingerprint density at radius 2 is 1.80 bits per heavy atom. The van der Waals surface area contributed by atoms with Crippen LogP contribution in [0.2, 0.25) is 0 Å². The summed E-state index contributed by atoms with van der Waals surface area (Å²) in [6.45, 7) is 3.89. The Bertz CT molecular complexity index is 801. The molecule has 160 valence electrons. The van der Waals surface area contributed by atoms with Gasteiger partial charge in [0.2, 0.25) is 0 Å². The molecule has 2 atom stereocenters. The molecule has 1 heterocycles. The van der Waals surface area contributed by atoms with Gasteiger partial charge in [0, 0.05) is 24.5 Å². The number of rotatable bonds is 9. The van der Waals surface area contributed by atoms with Crippen molar-refractivity contribution in [3.8, 4) is 5.75 Å². The van der Waals surface area contributed by atoms with Gasteiger partial charge in [-0.2, -0.15) is 0 Å². The van der Waals surface area contributed by atoms with Crippen LogP contribution in [0.25, 0.3) is 0 Å². The molecule has 30 heavy (non-hydrogen) atoms. The van der Waals surface area contributed by atoms with Gasteiger partial charge in [0.25, 0.3) is 0 Å². The maximum atomic E-state index is 11.3. The zero-order chi connectivity index (χ0) is 20.8. The van der Waals surface area contributed by atoms with E-state index in [0.29, 0.717) is 31.0 Å². The monoisotopic (exact) mass is 408 g/mol. The van der Waals surface area contributed by atoms with Crippen molar-refractivity contribution in [1.29, 1.82) is 0 Å². The molecule has 0 aromatic heterocycles. The first-order chi connectivity index (χ1) is 14.7. The number of benzene rings is 2. The van der Waals surface area contributed by atoms with Crippen molar-refractivity contribution in [2.24, 2.45) is 0 Å². The highest BCUT2D eigenvalue weighted by molar-refractivity contribution is 5.72. The van der Waals surface area contributed by atoms with Crippen molar-refractivity contribution in [3.05, 3.63) is 65.7 Å². The number of carbonyl (C=O) groups excluding carboxylic acids is 1. The zero-order valence-corrected chi connectivity index (χ0v) is 17.8. The van der Waals surface area contributed by atoms with Crippen molar-refractivity contribution in [3.63, 3.8) is 0 Å². The molecule has 5 nitrogen and oxygen atoms in total. The third-order valence-electron chi connectivity index (χ3n) is 6.23. The maximum absolute atomic E-state index is 11.3. The Balaban J connectivity index is 1.11. The lowest BCUT2D eigenvalue weighted by Crippen LogP contribution is -2.44. The van der Waals surface area contributed by atoms with Crippen molar-refractivity contribution in [1.82, 2.24) is 10.2 Å². The van der Waals surface area contributed by atoms with Crippen LogP contribution in [-0.2, 0) is 16.0 Å². The molecular formula is C25H32N2O3. The van der Waals surface area contributed by atoms with E-state index in [9.17, 15) is 4.79 Å². The number of hydrogen-bond acceptors (Lipinski definition) is 5. The van der Waals surface area contributed by atoms with E-state index in [1.165, 1.54) is 31.9 Å². The van der Waals surface area contributed by atoms with Crippen molar-refractivity contribution >= 4 is 5.97 Å². The number of nitrogens with zero attached hydrogens (tertiary/aromatic N) is 1. The van der Waals surface area contributed by atoms with Crippen LogP contribution in [0.4, 0.5) is 0 Å². The Morgan fingerprint density at radius 1 is 1.07 bits per heavy atom. The lowest BCUT2D eigenvalue weighted by atomic mass is 10.0. The first-order valence-electron chi connectivity index (χ1n) is 11.0. The molecule has 2 aromatic carbocycles. The minimum absolute atomic E-state index is 0.223. The third-order valence-corrected chi connectivity index (χ3v) is 6.23. The van der Waals surface area contributed by atoms with Gasteiger partial charge >= 0.3 is 5.97 Å². The van der Waals surface area contributed by atoms with Gasteiger partial charge in [0.1, 0.15) is 12.4 Å². The highest BCUT2D eigenvalue weighted by Crippen LogP contribution is 2.41. The molecule has 2 fully saturated rings. The molecule has 1 saturated heterocycles. The zero-order valence-electron chi connectivity index (χ0n) is 17.8. The molecule has 2 aliphatic rings. The van der Waals surface area contributed by atoms with Crippen LogP contribution in [0.3, 0.4) is 0 Å². The third kappa shape index (κ3) is 5.83. The molecular weight excluding hydrogens is 376 g/mol. The van der Waals surface area contributed by atoms with E-state index in [4.69, 9.17) is 9.47 Å². The minimum atomic E-state index is -0.223. The summed E-state index contributed by atoms with van der Waals surface area (Å²) in [7, 11) is 1.41. The van der Waals surface area contributed by atoms with Gasteiger partial charge in [-0.3, -0.25) is 9.69 Å². The van der Waals surface area contributed by atoms with Gasteiger partial charge in [0.05, 0.1) is 13.5 Å². The lowest BCUT2D eigenvalue weighted by Gasteiger charge is -2.32. The number of piperidine rings is 1. The summed E-state index contributed by atoms with van der Waals surface area (Å²) in [5.74, 6) is 1.33. The van der Waals surface area contributed by atoms with Crippen molar-refractivity contribution in [2.75, 3.05) is 33.4 Å². The van der Waals surface area contributed by atoms with Crippen LogP contribution in [0.5, 0.6) is 5.75 Å². The molecule has 1 aliphatic carbocycles. The Morgan fingerprint density at radius 3 is 2.50 bits per heavy atom. The van der Waals surface area contributed by atoms with Crippen LogP contribution in [0, 0.1) is 0 Å². The summed E-state index contributed by atoms with van der Waals surface area (Å²) in [6.07, 6.45) is 3.99. The summed E-state index contributed by atoms with van der Waals surface area (Å²) >= 11 is 0. The predicted octanol–water partition coefficient (Wildman–Crippen LogP) is 3.39. The van der Waals surface area contributed by atoms with E-state index in [2.05, 4.69) is 40.5 Å². The number of carbonyl (C=O) groups is 1. The van der Waals surface area contributed by atoms with E-state index >= 15 is 0 Å². The van der Waals surface area contributed by atoms with Gasteiger partial charge in [0.15, 0.2) is 0 Å². The lowest BCUT2D eigenvalue weighted by molar-refractivity contribution is -0.139. The fourth-order valence-corrected chi connectivity index (χ4v) is 4.31. The quantitative estimate of drug-likeness (QED) is 0.645. The van der Waals surface area contributed by atoms with Gasteiger partial charge in [-0.05, 0) is 55.6 Å². The van der Waals surface area contributed by atoms with E-state index < -0.39 is 0 Å². The first kappa shape index (κ1) is 20.9. The van der Waals surface area contributed by atoms with Crippen LogP contribution in [0.15, 0.2) is 54.6 Å². The Kier molecular flexibility index (Phi) is 7.03. The molecule has 0 unspecified atom stereocenters. The highest BCUT2D eigenvalue weighted by Gasteiger charge is 2.39. The second-order valence-corrected chi connectivity index (χ2v) is 8.39. The number of nitrogens with one attached hydrogen (secondary N) is 1. The van der Waals surface area contributed by atoms with Crippen LogP contribution < -0.4 is 10.1 Å². The Hall–Kier alpha value is -2.37. The summed E-state index contributed by atoms with van der Waals surface area (Å²) in [5, 5.41) is 3.88. The Labute approximate surface area is 179 Å². The minimum Gasteiger partial charge on any atom is -0.492 e. The van der Waals surface area contributed by atoms with Crippen LogP contribution in [-0.4, -0.2) is 56.3 Å². The second kappa shape index (κ2) is 10.1. The van der Waals surface area contributed by atoms with E-state index in [1.807, 2.05) is 24.3 Å². The molecule has 0 radical (unpaired) electrons. The first-order valence-corrected chi connectivity index (χ1v) is 11.0. The van der Waals surface area contributed by atoms with Crippen LogP contribution in [0.1, 0.15) is 36.3 Å². The van der Waals surface area contributed by atoms with Gasteiger partial charge in [-0.25, -0.2) is 0 Å². The standard InChI is InChI=1S/C25H32N2O3/c1-29-25(28)17-19-7-9-22(10-8-19)30-16-15-27-13-11-21(12-14-27)26-24-18-23(24)20-5-3-2-4-6-20/h2-10,21,23-24,26H,11-18H2,1H3/t23-,24+/m0/s1. The van der Waals surface area contributed by atoms with Crippen molar-refractivity contribution in [2.45, 2.75) is 43.7 Å². The molecule has 1 N–H and O–H groups in total. The number of methoxy groups -OCH3 is 1. The normalized spacial score (nSPS) is 21.9. The van der Waals surface area contributed by atoms with Crippen molar-refractivity contribution < 1.29 is 14.3 Å². The summed E-state index contributed by atoms with van der Waals surface area (Å²) < 4.78 is 10.6. The topological polar surface area (TPSA) is 50.8 Å². The predicted molar refractivity (Wildman–Crippen MR) is 118 cm³/mol. The summed E-state index contributed by atoms with van der Waals surface area (Å²) in [4.78, 5) is 13.8. The van der Waals surface area contributed by atoms with E-state index in [-0.39, 0.29) is 5.97 Å². The fourth-order valence-electron chi connectivity index (χ4n) is 4.31. The largest absolute Gasteiger partial charge is 0.492 e. The van der Waals surface area contributed by atoms with Gasteiger partial charge in [-0.1, -0.05) is 42.5 Å². The smallest absolute Gasteiger partial charge is 0.309 e. The molecule has 5 heteroatoms. The second-order valence-electron chi connectivity index (χ2n) is 8.39. The number of ether oxygens (including phenoxy) is 2. The maximum Gasteiger partial charge on any atom is 0.309 e. The van der Waals surface area contributed by atoms with Gasteiger partial charge in [-0.15, -0.1) is 0 Å². The summed E-state index contributed by atoms with van der Waals surface area (Å²) in [5.41, 5.74) is 2.41.